The highest BCUT2D eigenvalue weighted by Crippen LogP contribution is 2.64. The molecule has 0 unspecified atom stereocenters. The van der Waals surface area contributed by atoms with Gasteiger partial charge in [-0.1, -0.05) is 19.0 Å². The van der Waals surface area contributed by atoms with Crippen LogP contribution in [0.5, 0.6) is 0 Å². The summed E-state index contributed by atoms with van der Waals surface area (Å²) in [7, 11) is 0. The van der Waals surface area contributed by atoms with Crippen LogP contribution >= 0.6 is 0 Å². The van der Waals surface area contributed by atoms with Gasteiger partial charge < -0.3 is 14.3 Å². The van der Waals surface area contributed by atoms with Gasteiger partial charge in [0.05, 0.1) is 47.0 Å². The van der Waals surface area contributed by atoms with E-state index in [2.05, 4.69) is 5.16 Å². The van der Waals surface area contributed by atoms with Crippen LogP contribution in [-0.4, -0.2) is 42.3 Å². The Hall–Kier alpha value is -2.64. The number of hydrogen-bond acceptors (Lipinski definition) is 6. The van der Waals surface area contributed by atoms with Gasteiger partial charge in [-0.15, -0.1) is 0 Å². The van der Waals surface area contributed by atoms with Gasteiger partial charge in [0.2, 0.25) is 5.91 Å². The Balaban J connectivity index is 1.55. The molecule has 1 aromatic carbocycles. The van der Waals surface area contributed by atoms with E-state index in [0.717, 1.165) is 17.8 Å². The molecule has 4 heterocycles. The Morgan fingerprint density at radius 2 is 2.15 bits per heavy atom. The number of nitrogens with zero attached hydrogens (tertiary/aromatic N) is 3. The van der Waals surface area contributed by atoms with E-state index in [0.29, 0.717) is 25.4 Å². The summed E-state index contributed by atoms with van der Waals surface area (Å²) in [6.45, 7) is 6.58. The zero-order valence-electron chi connectivity index (χ0n) is 18.5. The summed E-state index contributed by atoms with van der Waals surface area (Å²) in [6.07, 6.45) is -4.61. The molecule has 5 rings (SSSR count). The van der Waals surface area contributed by atoms with Gasteiger partial charge in [0.15, 0.2) is 0 Å². The first-order valence-electron chi connectivity index (χ1n) is 11.0. The summed E-state index contributed by atoms with van der Waals surface area (Å²) in [4.78, 5) is 20.4. The molecule has 10 heteroatoms. The first-order chi connectivity index (χ1) is 15.5. The lowest BCUT2D eigenvalue weighted by atomic mass is 9.65. The Labute approximate surface area is 189 Å². The van der Waals surface area contributed by atoms with Crippen LogP contribution in [0.4, 0.5) is 18.9 Å². The van der Waals surface area contributed by atoms with Crippen molar-refractivity contribution in [3.05, 3.63) is 29.3 Å². The number of oxime groups is 1. The van der Waals surface area contributed by atoms with E-state index in [-0.39, 0.29) is 18.2 Å². The molecule has 4 aliphatic heterocycles. The predicted molar refractivity (Wildman–Crippen MR) is 110 cm³/mol. The first kappa shape index (κ1) is 22.2. The van der Waals surface area contributed by atoms with Crippen molar-refractivity contribution in [1.29, 1.82) is 5.26 Å². The molecule has 7 nitrogen and oxygen atoms in total. The van der Waals surface area contributed by atoms with Crippen molar-refractivity contribution in [1.82, 2.24) is 0 Å². The second-order valence-corrected chi connectivity index (χ2v) is 9.77. The molecule has 0 aromatic heterocycles. The van der Waals surface area contributed by atoms with Crippen molar-refractivity contribution in [2.24, 2.45) is 22.9 Å². The number of nitriles is 1. The van der Waals surface area contributed by atoms with Crippen LogP contribution in [-0.2, 0) is 25.3 Å². The molecule has 1 aromatic rings. The molecule has 176 valence electrons. The summed E-state index contributed by atoms with van der Waals surface area (Å²) < 4.78 is 53.1. The molecule has 4 fully saturated rings. The van der Waals surface area contributed by atoms with E-state index in [1.165, 1.54) is 11.0 Å². The van der Waals surface area contributed by atoms with Gasteiger partial charge in [0.25, 0.3) is 0 Å². The summed E-state index contributed by atoms with van der Waals surface area (Å²) in [6, 6.07) is 4.89. The molecule has 1 amide bonds. The minimum Gasteiger partial charge on any atom is -0.395 e. The van der Waals surface area contributed by atoms with E-state index in [1.807, 2.05) is 20.8 Å². The number of alkyl halides is 3. The Morgan fingerprint density at radius 1 is 1.39 bits per heavy atom. The highest BCUT2D eigenvalue weighted by Gasteiger charge is 2.77. The highest BCUT2D eigenvalue weighted by atomic mass is 19.4. The van der Waals surface area contributed by atoms with Crippen LogP contribution in [0, 0.1) is 29.1 Å². The number of hydrogen-bond donors (Lipinski definition) is 0. The fourth-order valence-electron chi connectivity index (χ4n) is 5.86. The SMILES string of the molecule is CC(C)CO/N=C1\C[C@@]2(C)O[C@@]13CCO[C@H]1[C@@H]3[C@@H]2C(=O)N1c1ccc(C#N)c(C(F)(F)F)c1. The van der Waals surface area contributed by atoms with Crippen molar-refractivity contribution < 1.29 is 32.3 Å². The largest absolute Gasteiger partial charge is 0.417 e. The van der Waals surface area contributed by atoms with E-state index < -0.39 is 46.6 Å². The van der Waals surface area contributed by atoms with Crippen molar-refractivity contribution in [2.75, 3.05) is 18.1 Å². The van der Waals surface area contributed by atoms with Crippen LogP contribution in [0.3, 0.4) is 0 Å². The molecule has 4 saturated heterocycles. The molecule has 1 spiro atoms. The van der Waals surface area contributed by atoms with Crippen LogP contribution < -0.4 is 4.90 Å². The van der Waals surface area contributed by atoms with Crippen molar-refractivity contribution in [2.45, 2.75) is 57.2 Å². The standard InChI is InChI=1S/C23H24F3N3O4/c1-12(2)11-32-28-16-9-21(3)17-18-20(31-7-6-22(16,18)33-21)29(19(17)30)14-5-4-13(10-27)15(8-14)23(24,25)26/h4-5,8,12,17-18,20H,6-7,9,11H2,1-3H3/b28-16+/t17-,18+,20+,21-,22+/m1/s1. The van der Waals surface area contributed by atoms with Gasteiger partial charge in [-0.2, -0.15) is 18.4 Å². The smallest absolute Gasteiger partial charge is 0.395 e. The lowest BCUT2D eigenvalue weighted by Crippen LogP contribution is -2.55. The number of fused-ring (bicyclic) bond motifs is 2. The van der Waals surface area contributed by atoms with E-state index in [4.69, 9.17) is 19.6 Å². The van der Waals surface area contributed by atoms with E-state index in [9.17, 15) is 18.0 Å². The number of benzene rings is 1. The molecule has 5 atom stereocenters. The summed E-state index contributed by atoms with van der Waals surface area (Å²) >= 11 is 0. The van der Waals surface area contributed by atoms with E-state index in [1.54, 1.807) is 6.07 Å². The number of rotatable bonds is 4. The van der Waals surface area contributed by atoms with Crippen LogP contribution in [0.2, 0.25) is 0 Å². The predicted octanol–water partition coefficient (Wildman–Crippen LogP) is 3.86. The maximum Gasteiger partial charge on any atom is 0.417 e. The summed E-state index contributed by atoms with van der Waals surface area (Å²) in [5, 5.41) is 13.5. The number of ether oxygens (including phenoxy) is 2. The third-order valence-electron chi connectivity index (χ3n) is 7.09. The number of anilines is 1. The van der Waals surface area contributed by atoms with Crippen LogP contribution in [0.15, 0.2) is 23.4 Å². The molecule has 0 saturated carbocycles. The summed E-state index contributed by atoms with van der Waals surface area (Å²) in [5.41, 5.74) is -2.48. The van der Waals surface area contributed by atoms with Crippen molar-refractivity contribution in [3.63, 3.8) is 0 Å². The zero-order chi connectivity index (χ0) is 23.8. The van der Waals surface area contributed by atoms with E-state index >= 15 is 0 Å². The van der Waals surface area contributed by atoms with Crippen molar-refractivity contribution in [3.8, 4) is 6.07 Å². The molecule has 4 aliphatic rings. The second kappa shape index (κ2) is 7.18. The fraction of sp³-hybridized carbons (Fsp3) is 0.609. The third kappa shape index (κ3) is 3.09. The molecular weight excluding hydrogens is 439 g/mol. The Morgan fingerprint density at radius 3 is 2.82 bits per heavy atom. The first-order valence-corrected chi connectivity index (χ1v) is 11.0. The molecule has 0 aliphatic carbocycles. The Bertz CT molecular complexity index is 1080. The third-order valence-corrected chi connectivity index (χ3v) is 7.09. The maximum atomic E-state index is 13.6. The minimum absolute atomic E-state index is 0.0559. The highest BCUT2D eigenvalue weighted by molar-refractivity contribution is 6.06. The normalized spacial score (nSPS) is 35.9. The van der Waals surface area contributed by atoms with Crippen LogP contribution in [0.25, 0.3) is 0 Å². The number of carbonyl (C=O) groups excluding carboxylic acids is 1. The monoisotopic (exact) mass is 463 g/mol. The maximum absolute atomic E-state index is 13.6. The number of carbonyl (C=O) groups is 1. The molecule has 33 heavy (non-hydrogen) atoms. The van der Waals surface area contributed by atoms with Crippen molar-refractivity contribution >= 4 is 17.3 Å². The molecule has 0 radical (unpaired) electrons. The average Bonchev–Trinajstić information content (AvgIpc) is 3.30. The molecule has 2 bridgehead atoms. The minimum atomic E-state index is -4.73. The molecule has 0 N–H and O–H groups in total. The number of halogens is 3. The van der Waals surface area contributed by atoms with Gasteiger partial charge in [-0.05, 0) is 31.0 Å². The van der Waals surface area contributed by atoms with Gasteiger partial charge in [0.1, 0.15) is 18.4 Å². The fourth-order valence-corrected chi connectivity index (χ4v) is 5.86. The summed E-state index contributed by atoms with van der Waals surface area (Å²) in [5.74, 6) is -1.03. The van der Waals surface area contributed by atoms with Gasteiger partial charge in [0, 0.05) is 18.5 Å². The lowest BCUT2D eigenvalue weighted by Gasteiger charge is -2.41. The topological polar surface area (TPSA) is 84.2 Å². The lowest BCUT2D eigenvalue weighted by molar-refractivity contribution is -0.138. The molecular formula is C23H24F3N3O4. The van der Waals surface area contributed by atoms with Gasteiger partial charge >= 0.3 is 6.18 Å². The van der Waals surface area contributed by atoms with Gasteiger partial charge in [-0.25, -0.2) is 0 Å². The number of amides is 1. The zero-order valence-corrected chi connectivity index (χ0v) is 18.5. The quantitative estimate of drug-likeness (QED) is 0.633. The second-order valence-electron chi connectivity index (χ2n) is 9.77. The average molecular weight is 463 g/mol. The Kier molecular flexibility index (Phi) is 4.82. The van der Waals surface area contributed by atoms with Gasteiger partial charge in [-0.3, -0.25) is 9.69 Å². The van der Waals surface area contributed by atoms with Crippen LogP contribution in [0.1, 0.15) is 44.7 Å².